The van der Waals surface area contributed by atoms with Gasteiger partial charge in [-0.15, -0.1) is 11.3 Å². The minimum absolute atomic E-state index is 0.0564. The smallest absolute Gasteiger partial charge is 0.312 e. The molecule has 1 heterocycles. The first-order chi connectivity index (χ1) is 14.3. The maximum absolute atomic E-state index is 13.0. The highest BCUT2D eigenvalue weighted by atomic mass is 32.1. The van der Waals surface area contributed by atoms with Crippen molar-refractivity contribution in [2.45, 2.75) is 71.1 Å². The fourth-order valence-corrected chi connectivity index (χ4v) is 6.68. The first kappa shape index (κ1) is 21.5. The van der Waals surface area contributed by atoms with Crippen molar-refractivity contribution in [3.8, 4) is 11.3 Å². The van der Waals surface area contributed by atoms with Gasteiger partial charge in [-0.25, -0.2) is 4.98 Å². The second-order valence-electron chi connectivity index (χ2n) is 9.76. The van der Waals surface area contributed by atoms with Crippen molar-refractivity contribution in [1.82, 2.24) is 4.98 Å². The number of aliphatic hydroxyl groups excluding tert-OH is 1. The van der Waals surface area contributed by atoms with E-state index in [0.29, 0.717) is 5.92 Å². The molecule has 162 valence electrons. The molecule has 1 N–H and O–H groups in total. The fraction of sp³-hybridized carbons (Fsp3) is 0.600. The van der Waals surface area contributed by atoms with Crippen LogP contribution in [0, 0.1) is 11.3 Å². The van der Waals surface area contributed by atoms with E-state index in [-0.39, 0.29) is 30.5 Å². The molecule has 1 aromatic carbocycles. The number of benzene rings is 1. The van der Waals surface area contributed by atoms with Gasteiger partial charge in [0.25, 0.3) is 0 Å². The van der Waals surface area contributed by atoms with Crippen LogP contribution in [0.4, 0.5) is 0 Å². The fourth-order valence-electron chi connectivity index (χ4n) is 6.13. The first-order valence-electron chi connectivity index (χ1n) is 11.1. The average Bonchev–Trinajstić information content (AvgIpc) is 3.25. The summed E-state index contributed by atoms with van der Waals surface area (Å²) < 4.78 is 5.45. The Bertz CT molecular complexity index is 923. The number of aliphatic hydroxyl groups is 1. The quantitative estimate of drug-likeness (QED) is 0.642. The van der Waals surface area contributed by atoms with Crippen molar-refractivity contribution in [2.75, 3.05) is 13.2 Å². The van der Waals surface area contributed by atoms with Gasteiger partial charge in [0.1, 0.15) is 6.61 Å². The molecule has 1 fully saturated rings. The minimum atomic E-state index is -0.503. The molecule has 4 nitrogen and oxygen atoms in total. The van der Waals surface area contributed by atoms with Crippen LogP contribution in [0.5, 0.6) is 0 Å². The number of hydrogen-bond acceptors (Lipinski definition) is 5. The zero-order valence-electron chi connectivity index (χ0n) is 18.5. The molecule has 4 rings (SSSR count). The van der Waals surface area contributed by atoms with Gasteiger partial charge < -0.3 is 9.84 Å². The van der Waals surface area contributed by atoms with Crippen molar-refractivity contribution >= 4 is 17.3 Å². The summed E-state index contributed by atoms with van der Waals surface area (Å²) in [6, 6.07) is 4.79. The van der Waals surface area contributed by atoms with Crippen LogP contribution in [-0.4, -0.2) is 29.3 Å². The molecule has 1 aromatic heterocycles. The van der Waals surface area contributed by atoms with Gasteiger partial charge in [-0.3, -0.25) is 4.79 Å². The first-order valence-corrected chi connectivity index (χ1v) is 12.1. The summed E-state index contributed by atoms with van der Waals surface area (Å²) in [6.45, 7) is 8.90. The van der Waals surface area contributed by atoms with Crippen LogP contribution in [0.2, 0.25) is 0 Å². The second kappa shape index (κ2) is 8.08. The Hall–Kier alpha value is -1.72. The van der Waals surface area contributed by atoms with Crippen molar-refractivity contribution in [3.63, 3.8) is 0 Å². The highest BCUT2D eigenvalue weighted by Gasteiger charge is 2.55. The standard InChI is InChI=1S/C25H33NO3S/c1-16(2)18-12-17-6-7-22-24(3,20(17)13-19(18)21-14-30-15-26-21)8-5-9-25(22,4)23(28)29-11-10-27/h12-16,22,27H,5-11H2,1-4H3/t22-,24-,25-/m1/s1. The van der Waals surface area contributed by atoms with Crippen molar-refractivity contribution < 1.29 is 14.6 Å². The summed E-state index contributed by atoms with van der Waals surface area (Å²) in [7, 11) is 0. The summed E-state index contributed by atoms with van der Waals surface area (Å²) in [6.07, 6.45) is 4.95. The maximum atomic E-state index is 13.0. The Labute approximate surface area is 183 Å². The molecule has 0 radical (unpaired) electrons. The van der Waals surface area contributed by atoms with Gasteiger partial charge in [-0.2, -0.15) is 0 Å². The molecule has 3 atom stereocenters. The molecule has 30 heavy (non-hydrogen) atoms. The van der Waals surface area contributed by atoms with Gasteiger partial charge in [0.2, 0.25) is 0 Å². The third-order valence-electron chi connectivity index (χ3n) is 7.64. The Balaban J connectivity index is 1.81. The van der Waals surface area contributed by atoms with Crippen LogP contribution in [0.3, 0.4) is 0 Å². The monoisotopic (exact) mass is 427 g/mol. The molecular weight excluding hydrogens is 394 g/mol. The molecule has 2 aliphatic rings. The van der Waals surface area contributed by atoms with E-state index in [4.69, 9.17) is 9.84 Å². The van der Waals surface area contributed by atoms with E-state index in [9.17, 15) is 4.79 Å². The molecule has 0 aliphatic heterocycles. The third-order valence-corrected chi connectivity index (χ3v) is 8.23. The number of aromatic nitrogens is 1. The minimum Gasteiger partial charge on any atom is -0.463 e. The Morgan fingerprint density at radius 2 is 2.13 bits per heavy atom. The van der Waals surface area contributed by atoms with Gasteiger partial charge in [0, 0.05) is 10.9 Å². The van der Waals surface area contributed by atoms with E-state index in [1.165, 1.54) is 22.3 Å². The molecule has 1 saturated carbocycles. The highest BCUT2D eigenvalue weighted by Crippen LogP contribution is 2.58. The van der Waals surface area contributed by atoms with E-state index in [1.807, 2.05) is 5.51 Å². The Morgan fingerprint density at radius 3 is 2.80 bits per heavy atom. The number of carbonyl (C=O) groups excluding carboxylic acids is 1. The number of aryl methyl sites for hydroxylation is 1. The van der Waals surface area contributed by atoms with Gasteiger partial charge >= 0.3 is 5.97 Å². The number of thiazole rings is 1. The SMILES string of the molecule is CC(C)c1cc2c(cc1-c1cscn1)[C@@]1(C)CCC[C@@](C)(C(=O)OCCO)[C@@H]1CC2. The number of esters is 1. The van der Waals surface area contributed by atoms with E-state index >= 15 is 0 Å². The predicted molar refractivity (Wildman–Crippen MR) is 121 cm³/mol. The van der Waals surface area contributed by atoms with Crippen LogP contribution >= 0.6 is 11.3 Å². The van der Waals surface area contributed by atoms with Crippen LogP contribution in [0.25, 0.3) is 11.3 Å². The van der Waals surface area contributed by atoms with Crippen LogP contribution in [0.1, 0.15) is 76.0 Å². The lowest BCUT2D eigenvalue weighted by Crippen LogP contribution is -2.53. The van der Waals surface area contributed by atoms with E-state index in [1.54, 1.807) is 11.3 Å². The Morgan fingerprint density at radius 1 is 1.33 bits per heavy atom. The zero-order chi connectivity index (χ0) is 21.5. The number of ether oxygens (including phenoxy) is 1. The van der Waals surface area contributed by atoms with Gasteiger partial charge in [-0.05, 0) is 72.6 Å². The molecular formula is C25H33NO3S. The van der Waals surface area contributed by atoms with E-state index in [0.717, 1.165) is 37.8 Å². The molecule has 5 heteroatoms. The van der Waals surface area contributed by atoms with Gasteiger partial charge in [0.05, 0.1) is 23.2 Å². The molecule has 2 aliphatic carbocycles. The molecule has 0 spiro atoms. The van der Waals surface area contributed by atoms with Crippen LogP contribution < -0.4 is 0 Å². The van der Waals surface area contributed by atoms with E-state index < -0.39 is 5.41 Å². The highest BCUT2D eigenvalue weighted by molar-refractivity contribution is 7.07. The second-order valence-corrected chi connectivity index (χ2v) is 10.5. The molecule has 0 saturated heterocycles. The maximum Gasteiger partial charge on any atom is 0.312 e. The summed E-state index contributed by atoms with van der Waals surface area (Å²) in [5.74, 6) is 0.530. The third kappa shape index (κ3) is 3.40. The summed E-state index contributed by atoms with van der Waals surface area (Å²) >= 11 is 1.63. The number of nitrogens with zero attached hydrogens (tertiary/aromatic N) is 1. The number of carbonyl (C=O) groups is 1. The summed E-state index contributed by atoms with van der Waals surface area (Å²) in [5, 5.41) is 11.3. The molecule has 0 bridgehead atoms. The largest absolute Gasteiger partial charge is 0.463 e. The lowest BCUT2D eigenvalue weighted by atomic mass is 9.49. The van der Waals surface area contributed by atoms with E-state index in [2.05, 4.69) is 50.2 Å². The molecule has 0 unspecified atom stereocenters. The number of hydrogen-bond donors (Lipinski definition) is 1. The van der Waals surface area contributed by atoms with Crippen molar-refractivity contribution in [1.29, 1.82) is 0 Å². The lowest BCUT2D eigenvalue weighted by Gasteiger charge is -2.54. The van der Waals surface area contributed by atoms with Crippen LogP contribution in [-0.2, 0) is 21.4 Å². The number of fused-ring (bicyclic) bond motifs is 3. The van der Waals surface area contributed by atoms with Gasteiger partial charge in [0.15, 0.2) is 0 Å². The summed E-state index contributed by atoms with van der Waals surface area (Å²) in [5.41, 5.74) is 7.83. The number of rotatable bonds is 5. The lowest BCUT2D eigenvalue weighted by molar-refractivity contribution is -0.165. The van der Waals surface area contributed by atoms with Crippen molar-refractivity contribution in [3.05, 3.63) is 39.7 Å². The predicted octanol–water partition coefficient (Wildman–Crippen LogP) is 5.48. The normalized spacial score (nSPS) is 28.1. The zero-order valence-corrected chi connectivity index (χ0v) is 19.3. The molecule has 2 aromatic rings. The van der Waals surface area contributed by atoms with Crippen LogP contribution in [0.15, 0.2) is 23.0 Å². The molecule has 0 amide bonds. The summed E-state index contributed by atoms with van der Waals surface area (Å²) in [4.78, 5) is 17.7. The average molecular weight is 428 g/mol. The topological polar surface area (TPSA) is 59.4 Å². The van der Waals surface area contributed by atoms with Crippen molar-refractivity contribution in [2.24, 2.45) is 11.3 Å². The Kier molecular flexibility index (Phi) is 5.80. The van der Waals surface area contributed by atoms with Gasteiger partial charge in [-0.1, -0.05) is 33.3 Å².